The lowest BCUT2D eigenvalue weighted by molar-refractivity contribution is -0.140. The van der Waals surface area contributed by atoms with Crippen LogP contribution in [0.5, 0.6) is 0 Å². The molecule has 3 aromatic rings. The molecular weight excluding hydrogens is 502 g/mol. The summed E-state index contributed by atoms with van der Waals surface area (Å²) < 4.78 is 1.12. The number of nitrogens with one attached hydrogen (secondary N) is 1. The Kier molecular flexibility index (Phi) is 8.15. The number of amides is 2. The van der Waals surface area contributed by atoms with E-state index in [9.17, 15) is 9.59 Å². The Balaban J connectivity index is 1.44. The first kappa shape index (κ1) is 26.2. The van der Waals surface area contributed by atoms with Crippen molar-refractivity contribution in [2.45, 2.75) is 77.3 Å². The Hall–Kier alpha value is -2.44. The predicted molar refractivity (Wildman–Crippen MR) is 152 cm³/mol. The number of carbonyl (C=O) groups is 2. The fourth-order valence-corrected chi connectivity index (χ4v) is 7.03. The number of likely N-dealkylation sites (tertiary alicyclic amines) is 1. The summed E-state index contributed by atoms with van der Waals surface area (Å²) in [6.45, 7) is 4.67. The van der Waals surface area contributed by atoms with Gasteiger partial charge in [0.1, 0.15) is 11.0 Å². The van der Waals surface area contributed by atoms with E-state index in [0.29, 0.717) is 11.6 Å². The van der Waals surface area contributed by atoms with Gasteiger partial charge in [0.05, 0.1) is 16.3 Å². The molecule has 0 radical (unpaired) electrons. The lowest BCUT2D eigenvalue weighted by Gasteiger charge is -2.35. The molecule has 1 saturated heterocycles. The lowest BCUT2D eigenvalue weighted by Crippen LogP contribution is -2.53. The maximum atomic E-state index is 14.1. The molecule has 5 nitrogen and oxygen atoms in total. The minimum atomic E-state index is -0.443. The molecule has 1 aromatic heterocycles. The smallest absolute Gasteiger partial charge is 0.246 e. The van der Waals surface area contributed by atoms with Crippen LogP contribution >= 0.6 is 22.9 Å². The number of aromatic nitrogens is 1. The first-order valence-corrected chi connectivity index (χ1v) is 14.9. The highest BCUT2D eigenvalue weighted by Gasteiger charge is 2.40. The number of hydrogen-bond donors (Lipinski definition) is 1. The predicted octanol–water partition coefficient (Wildman–Crippen LogP) is 7.39. The van der Waals surface area contributed by atoms with Crippen LogP contribution in [-0.4, -0.2) is 34.3 Å². The molecule has 1 aliphatic carbocycles. The van der Waals surface area contributed by atoms with Gasteiger partial charge < -0.3 is 10.2 Å². The fraction of sp³-hybridized carbons (Fsp3) is 0.500. The topological polar surface area (TPSA) is 62.3 Å². The van der Waals surface area contributed by atoms with Crippen molar-refractivity contribution in [3.05, 3.63) is 52.5 Å². The number of fused-ring (bicyclic) bond motifs is 1. The van der Waals surface area contributed by atoms with E-state index in [1.807, 2.05) is 43.0 Å². The van der Waals surface area contributed by atoms with Gasteiger partial charge in [-0.15, -0.1) is 11.3 Å². The summed E-state index contributed by atoms with van der Waals surface area (Å²) >= 11 is 7.79. The molecule has 2 amide bonds. The summed E-state index contributed by atoms with van der Waals surface area (Å²) in [5, 5.41) is 4.89. The quantitative estimate of drug-likeness (QED) is 0.341. The molecule has 7 heteroatoms. The second-order valence-corrected chi connectivity index (χ2v) is 12.1. The van der Waals surface area contributed by atoms with E-state index in [4.69, 9.17) is 16.6 Å². The largest absolute Gasteiger partial charge is 0.344 e. The molecule has 3 atom stereocenters. The molecular formula is C30H36ClN3O2S. The number of para-hydroxylation sites is 1. The van der Waals surface area contributed by atoms with Gasteiger partial charge in [-0.2, -0.15) is 0 Å². The van der Waals surface area contributed by atoms with Crippen molar-refractivity contribution >= 4 is 45.0 Å². The molecule has 2 aliphatic rings. The third-order valence-electron chi connectivity index (χ3n) is 8.16. The van der Waals surface area contributed by atoms with Crippen molar-refractivity contribution in [1.29, 1.82) is 0 Å². The lowest BCUT2D eigenvalue weighted by atomic mass is 9.83. The van der Waals surface area contributed by atoms with E-state index in [2.05, 4.69) is 23.5 Å². The number of halogens is 1. The Morgan fingerprint density at radius 1 is 1.08 bits per heavy atom. The fourth-order valence-electron chi connectivity index (χ4n) is 5.77. The first-order valence-electron chi connectivity index (χ1n) is 13.7. The van der Waals surface area contributed by atoms with Gasteiger partial charge in [0.25, 0.3) is 0 Å². The van der Waals surface area contributed by atoms with Crippen molar-refractivity contribution < 1.29 is 9.59 Å². The second kappa shape index (κ2) is 11.5. The Bertz CT molecular complexity index is 1250. The second-order valence-electron chi connectivity index (χ2n) is 10.6. The van der Waals surface area contributed by atoms with Crippen molar-refractivity contribution in [3.63, 3.8) is 0 Å². The molecule has 5 rings (SSSR count). The van der Waals surface area contributed by atoms with Crippen molar-refractivity contribution in [3.8, 4) is 11.1 Å². The van der Waals surface area contributed by atoms with E-state index in [1.54, 1.807) is 11.3 Å². The highest BCUT2D eigenvalue weighted by atomic mass is 35.5. The minimum Gasteiger partial charge on any atom is -0.344 e. The van der Waals surface area contributed by atoms with Crippen LogP contribution < -0.4 is 5.32 Å². The van der Waals surface area contributed by atoms with Gasteiger partial charge in [0, 0.05) is 23.0 Å². The van der Waals surface area contributed by atoms with Crippen LogP contribution in [0.2, 0.25) is 5.02 Å². The normalized spacial score (nSPS) is 20.2. The third kappa shape index (κ3) is 5.56. The van der Waals surface area contributed by atoms with Crippen LogP contribution in [0.15, 0.2) is 42.5 Å². The Morgan fingerprint density at radius 3 is 2.57 bits per heavy atom. The maximum absolute atomic E-state index is 14.1. The summed E-state index contributed by atoms with van der Waals surface area (Å²) in [6, 6.07) is 13.6. The van der Waals surface area contributed by atoms with E-state index < -0.39 is 6.04 Å². The average molecular weight is 538 g/mol. The molecule has 2 heterocycles. The molecule has 196 valence electrons. The van der Waals surface area contributed by atoms with Crippen LogP contribution in [-0.2, 0) is 9.59 Å². The van der Waals surface area contributed by atoms with Gasteiger partial charge in [0.2, 0.25) is 11.8 Å². The third-order valence-corrected chi connectivity index (χ3v) is 9.53. The Labute approximate surface area is 228 Å². The SMILES string of the molecule is CC[C@@H](C)C(=O)N[C@H](C(=O)N1CCC[C@H]1c1nc2c(-c3ccc(Cl)cc3)cccc2s1)C1CCCCC1. The molecule has 1 N–H and O–H groups in total. The molecule has 0 unspecified atom stereocenters. The number of hydrogen-bond acceptors (Lipinski definition) is 4. The van der Waals surface area contributed by atoms with Gasteiger partial charge in [-0.1, -0.05) is 69.0 Å². The summed E-state index contributed by atoms with van der Waals surface area (Å²) in [6.07, 6.45) is 8.09. The molecule has 1 aliphatic heterocycles. The monoisotopic (exact) mass is 537 g/mol. The molecule has 2 fully saturated rings. The molecule has 37 heavy (non-hydrogen) atoms. The van der Waals surface area contributed by atoms with Gasteiger partial charge in [-0.25, -0.2) is 4.98 Å². The van der Waals surface area contributed by atoms with E-state index in [-0.39, 0.29) is 29.7 Å². The highest BCUT2D eigenvalue weighted by molar-refractivity contribution is 7.18. The first-order chi connectivity index (χ1) is 18.0. The molecule has 2 aromatic carbocycles. The molecule has 0 spiro atoms. The van der Waals surface area contributed by atoms with Crippen molar-refractivity contribution in [1.82, 2.24) is 15.2 Å². The Morgan fingerprint density at radius 2 is 1.84 bits per heavy atom. The summed E-state index contributed by atoms with van der Waals surface area (Å²) in [5.41, 5.74) is 3.13. The summed E-state index contributed by atoms with van der Waals surface area (Å²) in [4.78, 5) is 34.1. The van der Waals surface area contributed by atoms with E-state index in [1.165, 1.54) is 6.42 Å². The average Bonchev–Trinajstić information content (AvgIpc) is 3.59. The van der Waals surface area contributed by atoms with Crippen LogP contribution in [0.25, 0.3) is 21.3 Å². The van der Waals surface area contributed by atoms with Gasteiger partial charge >= 0.3 is 0 Å². The number of rotatable bonds is 7. The maximum Gasteiger partial charge on any atom is 0.246 e. The number of nitrogens with zero attached hydrogens (tertiary/aromatic N) is 2. The van der Waals surface area contributed by atoms with Crippen LogP contribution in [0.3, 0.4) is 0 Å². The minimum absolute atomic E-state index is 0.00485. The van der Waals surface area contributed by atoms with Gasteiger partial charge in [-0.05, 0) is 61.8 Å². The van der Waals surface area contributed by atoms with Crippen LogP contribution in [0, 0.1) is 11.8 Å². The molecule has 0 bridgehead atoms. The van der Waals surface area contributed by atoms with Crippen molar-refractivity contribution in [2.75, 3.05) is 6.54 Å². The zero-order valence-electron chi connectivity index (χ0n) is 21.7. The molecule has 1 saturated carbocycles. The summed E-state index contributed by atoms with van der Waals surface area (Å²) in [7, 11) is 0. The van der Waals surface area contributed by atoms with E-state index in [0.717, 1.165) is 71.3 Å². The van der Waals surface area contributed by atoms with Crippen molar-refractivity contribution in [2.24, 2.45) is 11.8 Å². The number of benzene rings is 2. The zero-order chi connectivity index (χ0) is 25.9. The number of thiazole rings is 1. The van der Waals surface area contributed by atoms with Crippen LogP contribution in [0.4, 0.5) is 0 Å². The summed E-state index contributed by atoms with van der Waals surface area (Å²) in [5.74, 6) is 0.184. The highest BCUT2D eigenvalue weighted by Crippen LogP contribution is 2.40. The zero-order valence-corrected chi connectivity index (χ0v) is 23.3. The van der Waals surface area contributed by atoms with E-state index >= 15 is 0 Å². The van der Waals surface area contributed by atoms with Gasteiger partial charge in [-0.3, -0.25) is 9.59 Å². The standard InChI is InChI=1S/C30H36ClN3O2S/c1-3-19(2)28(35)32-26(21-9-5-4-6-10-21)30(36)34-18-8-12-24(34)29-33-27-23(11-7-13-25(27)37-29)20-14-16-22(31)17-15-20/h7,11,13-17,19,21,24,26H,3-6,8-10,12,18H2,1-2H3,(H,32,35)/t19-,24+,26+/m1/s1. The van der Waals surface area contributed by atoms with Gasteiger partial charge in [0.15, 0.2) is 0 Å². The van der Waals surface area contributed by atoms with Crippen LogP contribution in [0.1, 0.15) is 76.3 Å². The number of carbonyl (C=O) groups excluding carboxylic acids is 2.